The van der Waals surface area contributed by atoms with E-state index in [0.717, 1.165) is 11.4 Å². The van der Waals surface area contributed by atoms with E-state index in [1.54, 1.807) is 16.6 Å². The van der Waals surface area contributed by atoms with E-state index in [1.807, 2.05) is 14.0 Å². The van der Waals surface area contributed by atoms with Crippen molar-refractivity contribution in [3.63, 3.8) is 0 Å². The number of rotatable bonds is 4. The van der Waals surface area contributed by atoms with E-state index in [1.165, 1.54) is 11.9 Å². The zero-order chi connectivity index (χ0) is 17.9. The number of hydrogen-bond donors (Lipinski definition) is 1. The van der Waals surface area contributed by atoms with Gasteiger partial charge < -0.3 is 10.2 Å². The second kappa shape index (κ2) is 7.03. The quantitative estimate of drug-likeness (QED) is 0.938. The van der Waals surface area contributed by atoms with Gasteiger partial charge in [-0.1, -0.05) is 45.0 Å². The van der Waals surface area contributed by atoms with Crippen LogP contribution in [0.5, 0.6) is 0 Å². The molecule has 1 atom stereocenters. The third-order valence-corrected chi connectivity index (χ3v) is 4.15. The molecule has 24 heavy (non-hydrogen) atoms. The fraction of sp³-hybridized carbons (Fsp3) is 0.500. The monoisotopic (exact) mass is 329 g/mol. The second-order valence-corrected chi connectivity index (χ2v) is 7.20. The number of nitrogens with one attached hydrogen (secondary N) is 1. The summed E-state index contributed by atoms with van der Waals surface area (Å²) in [5, 5.41) is 7.03. The summed E-state index contributed by atoms with van der Waals surface area (Å²) in [5.41, 5.74) is 2.49. The smallest absolute Gasteiger partial charge is 0.318 e. The molecule has 0 fully saturated rings. The normalized spacial score (nSPS) is 12.8. The van der Waals surface area contributed by atoms with Crippen LogP contribution in [-0.4, -0.2) is 32.7 Å². The van der Waals surface area contributed by atoms with Crippen LogP contribution in [0.3, 0.4) is 0 Å². The molecule has 0 aliphatic carbocycles. The molecule has 0 radical (unpaired) electrons. The summed E-state index contributed by atoms with van der Waals surface area (Å²) in [6.45, 7) is 8.97. The number of aromatic nitrogens is 3. The van der Waals surface area contributed by atoms with Gasteiger partial charge in [-0.25, -0.2) is 9.78 Å². The lowest BCUT2D eigenvalue weighted by molar-refractivity contribution is 0.202. The van der Waals surface area contributed by atoms with Crippen LogP contribution < -0.4 is 5.32 Å². The lowest BCUT2D eigenvalue weighted by Gasteiger charge is -2.23. The highest BCUT2D eigenvalue weighted by Crippen LogP contribution is 2.23. The van der Waals surface area contributed by atoms with Crippen LogP contribution in [-0.2, 0) is 19.0 Å². The minimum atomic E-state index is -0.134. The number of hydrogen-bond acceptors (Lipinski definition) is 3. The first-order chi connectivity index (χ1) is 11.2. The van der Waals surface area contributed by atoms with E-state index in [9.17, 15) is 4.79 Å². The molecule has 130 valence electrons. The van der Waals surface area contributed by atoms with Crippen LogP contribution in [0.1, 0.15) is 50.7 Å². The van der Waals surface area contributed by atoms with Crippen molar-refractivity contribution in [3.8, 4) is 0 Å². The van der Waals surface area contributed by atoms with Crippen molar-refractivity contribution in [2.45, 2.75) is 45.7 Å². The second-order valence-electron chi connectivity index (χ2n) is 7.20. The summed E-state index contributed by atoms with van der Waals surface area (Å²) in [6.07, 6.45) is 1.49. The molecule has 0 spiro atoms. The van der Waals surface area contributed by atoms with E-state index < -0.39 is 0 Å². The molecule has 0 saturated heterocycles. The third-order valence-electron chi connectivity index (χ3n) is 4.15. The zero-order valence-corrected chi connectivity index (χ0v) is 15.4. The third kappa shape index (κ3) is 4.34. The van der Waals surface area contributed by atoms with Gasteiger partial charge >= 0.3 is 6.03 Å². The van der Waals surface area contributed by atoms with Gasteiger partial charge in [0.05, 0.1) is 12.6 Å². The molecular formula is C18H27N5O. The van der Waals surface area contributed by atoms with E-state index in [-0.39, 0.29) is 17.5 Å². The van der Waals surface area contributed by atoms with Crippen molar-refractivity contribution < 1.29 is 4.79 Å². The number of carbonyl (C=O) groups excluding carboxylic acids is 1. The summed E-state index contributed by atoms with van der Waals surface area (Å²) >= 11 is 0. The first-order valence-corrected chi connectivity index (χ1v) is 8.13. The number of benzene rings is 1. The lowest BCUT2D eigenvalue weighted by Crippen LogP contribution is -2.38. The average Bonchev–Trinajstić information content (AvgIpc) is 2.91. The summed E-state index contributed by atoms with van der Waals surface area (Å²) in [6, 6.07) is 8.21. The maximum Gasteiger partial charge on any atom is 0.318 e. The number of urea groups is 1. The predicted octanol–water partition coefficient (Wildman–Crippen LogP) is 3.02. The van der Waals surface area contributed by atoms with Crippen LogP contribution in [0, 0.1) is 0 Å². The lowest BCUT2D eigenvalue weighted by atomic mass is 9.86. The van der Waals surface area contributed by atoms with Crippen molar-refractivity contribution in [2.75, 3.05) is 7.05 Å². The Labute approximate surface area is 143 Å². The maximum absolute atomic E-state index is 12.3. The molecule has 0 bridgehead atoms. The molecule has 1 heterocycles. The standard InChI is InChI=1S/C18H27N5O/c1-13(14-7-9-15(10-8-14)18(2,3)4)21-17(24)22(5)11-16-19-12-20-23(16)6/h7-10,12-13H,11H2,1-6H3,(H,21,24)/t13-/m0/s1. The van der Waals surface area contributed by atoms with Crippen molar-refractivity contribution in [1.29, 1.82) is 0 Å². The zero-order valence-electron chi connectivity index (χ0n) is 15.4. The molecule has 0 aliphatic rings. The molecule has 2 rings (SSSR count). The average molecular weight is 329 g/mol. The summed E-state index contributed by atoms with van der Waals surface area (Å²) in [5.74, 6) is 0.745. The van der Waals surface area contributed by atoms with Crippen LogP contribution >= 0.6 is 0 Å². The van der Waals surface area contributed by atoms with Gasteiger partial charge in [-0.05, 0) is 23.5 Å². The van der Waals surface area contributed by atoms with E-state index in [0.29, 0.717) is 6.54 Å². The first-order valence-electron chi connectivity index (χ1n) is 8.13. The van der Waals surface area contributed by atoms with Crippen LogP contribution in [0.25, 0.3) is 0 Å². The Balaban J connectivity index is 1.97. The van der Waals surface area contributed by atoms with Crippen molar-refractivity contribution >= 4 is 6.03 Å². The minimum absolute atomic E-state index is 0.0616. The molecule has 0 aliphatic heterocycles. The molecule has 6 heteroatoms. The summed E-state index contributed by atoms with van der Waals surface area (Å²) < 4.78 is 1.67. The first kappa shape index (κ1) is 18.0. The van der Waals surface area contributed by atoms with Gasteiger partial charge in [-0.3, -0.25) is 4.68 Å². The highest BCUT2D eigenvalue weighted by Gasteiger charge is 2.17. The van der Waals surface area contributed by atoms with Gasteiger partial charge in [-0.15, -0.1) is 0 Å². The number of nitrogens with zero attached hydrogens (tertiary/aromatic N) is 4. The van der Waals surface area contributed by atoms with Crippen LogP contribution in [0.2, 0.25) is 0 Å². The van der Waals surface area contributed by atoms with E-state index >= 15 is 0 Å². The van der Waals surface area contributed by atoms with E-state index in [2.05, 4.69) is 60.4 Å². The predicted molar refractivity (Wildman–Crippen MR) is 94.6 cm³/mol. The van der Waals surface area contributed by atoms with Crippen molar-refractivity contribution in [2.24, 2.45) is 7.05 Å². The molecule has 2 aromatic rings. The minimum Gasteiger partial charge on any atom is -0.331 e. The van der Waals surface area contributed by atoms with Gasteiger partial charge in [0.15, 0.2) is 0 Å². The molecule has 1 aromatic carbocycles. The molecule has 2 amide bonds. The highest BCUT2D eigenvalue weighted by molar-refractivity contribution is 5.74. The number of aryl methyl sites for hydroxylation is 1. The molecule has 0 unspecified atom stereocenters. The van der Waals surface area contributed by atoms with Gasteiger partial charge in [0.25, 0.3) is 0 Å². The van der Waals surface area contributed by atoms with Gasteiger partial charge in [0.2, 0.25) is 0 Å². The largest absolute Gasteiger partial charge is 0.331 e. The number of amides is 2. The number of carbonyl (C=O) groups is 1. The summed E-state index contributed by atoms with van der Waals surface area (Å²) in [4.78, 5) is 18.1. The van der Waals surface area contributed by atoms with Crippen LogP contribution in [0.15, 0.2) is 30.6 Å². The Bertz CT molecular complexity index is 684. The Morgan fingerprint density at radius 3 is 2.42 bits per heavy atom. The highest BCUT2D eigenvalue weighted by atomic mass is 16.2. The maximum atomic E-state index is 12.3. The Kier molecular flexibility index (Phi) is 5.26. The van der Waals surface area contributed by atoms with Crippen molar-refractivity contribution in [3.05, 3.63) is 47.5 Å². The summed E-state index contributed by atoms with van der Waals surface area (Å²) in [7, 11) is 3.56. The SMILES string of the molecule is C[C@H](NC(=O)N(C)Cc1ncnn1C)c1ccc(C(C)(C)C)cc1. The van der Waals surface area contributed by atoms with Gasteiger partial charge in [0.1, 0.15) is 12.2 Å². The Hall–Kier alpha value is -2.37. The molecular weight excluding hydrogens is 302 g/mol. The topological polar surface area (TPSA) is 63.1 Å². The Morgan fingerprint density at radius 2 is 1.92 bits per heavy atom. The fourth-order valence-corrected chi connectivity index (χ4v) is 2.40. The fourth-order valence-electron chi connectivity index (χ4n) is 2.40. The molecule has 1 N–H and O–H groups in total. The van der Waals surface area contributed by atoms with Gasteiger partial charge in [0, 0.05) is 14.1 Å². The van der Waals surface area contributed by atoms with Crippen molar-refractivity contribution in [1.82, 2.24) is 25.0 Å². The Morgan fingerprint density at radius 1 is 1.29 bits per heavy atom. The molecule has 1 aromatic heterocycles. The van der Waals surface area contributed by atoms with Crippen LogP contribution in [0.4, 0.5) is 4.79 Å². The molecule has 6 nitrogen and oxygen atoms in total. The molecule has 0 saturated carbocycles. The van der Waals surface area contributed by atoms with E-state index in [4.69, 9.17) is 0 Å². The van der Waals surface area contributed by atoms with Gasteiger partial charge in [-0.2, -0.15) is 5.10 Å².